The number of rotatable bonds is 5. The number of nitrogens with one attached hydrogen (secondary N) is 1. The number of sulfone groups is 1. The van der Waals surface area contributed by atoms with Gasteiger partial charge in [0, 0.05) is 6.04 Å². The van der Waals surface area contributed by atoms with Gasteiger partial charge in [0.2, 0.25) is 0 Å². The van der Waals surface area contributed by atoms with Crippen molar-refractivity contribution in [1.29, 1.82) is 0 Å². The summed E-state index contributed by atoms with van der Waals surface area (Å²) in [5.41, 5.74) is 0. The minimum Gasteiger partial charge on any atom is -0.313 e. The molecule has 0 aromatic rings. The molecule has 0 saturated heterocycles. The van der Waals surface area contributed by atoms with Crippen LogP contribution in [0.15, 0.2) is 0 Å². The lowest BCUT2D eigenvalue weighted by Crippen LogP contribution is -2.45. The van der Waals surface area contributed by atoms with Gasteiger partial charge in [0.1, 0.15) is 0 Å². The smallest absolute Gasteiger partial charge is 0.157 e. The van der Waals surface area contributed by atoms with E-state index >= 15 is 0 Å². The molecule has 0 aliphatic heterocycles. The standard InChI is InChI=1S/C15H29NO2S/c1-3-10-16-14-8-5-9-15(14)19(17,18)13-7-4-6-12(2)11-13/h12-16H,3-11H2,1-2H3. The maximum Gasteiger partial charge on any atom is 0.157 e. The van der Waals surface area contributed by atoms with E-state index in [2.05, 4.69) is 19.2 Å². The third kappa shape index (κ3) is 3.52. The predicted molar refractivity (Wildman–Crippen MR) is 80.1 cm³/mol. The van der Waals surface area contributed by atoms with E-state index in [-0.39, 0.29) is 16.5 Å². The van der Waals surface area contributed by atoms with E-state index in [9.17, 15) is 8.42 Å². The lowest BCUT2D eigenvalue weighted by molar-refractivity contribution is 0.377. The van der Waals surface area contributed by atoms with Crippen LogP contribution < -0.4 is 5.32 Å². The molecule has 1 N–H and O–H groups in total. The molecule has 0 amide bonds. The maximum absolute atomic E-state index is 12.9. The molecule has 0 heterocycles. The monoisotopic (exact) mass is 287 g/mol. The fourth-order valence-corrected chi connectivity index (χ4v) is 6.58. The van der Waals surface area contributed by atoms with Crippen LogP contribution in [0, 0.1) is 5.92 Å². The van der Waals surface area contributed by atoms with E-state index in [1.807, 2.05) is 0 Å². The SMILES string of the molecule is CCCNC1CCCC1S(=O)(=O)C1CCCC(C)C1. The van der Waals surface area contributed by atoms with Crippen LogP contribution in [0.5, 0.6) is 0 Å². The Morgan fingerprint density at radius 1 is 1.11 bits per heavy atom. The highest BCUT2D eigenvalue weighted by Crippen LogP contribution is 2.35. The van der Waals surface area contributed by atoms with Crippen LogP contribution in [0.1, 0.15) is 65.2 Å². The van der Waals surface area contributed by atoms with Gasteiger partial charge in [0.25, 0.3) is 0 Å². The summed E-state index contributed by atoms with van der Waals surface area (Å²) in [6, 6.07) is 0.210. The van der Waals surface area contributed by atoms with Crippen LogP contribution in [0.25, 0.3) is 0 Å². The molecule has 2 rings (SSSR count). The summed E-state index contributed by atoms with van der Waals surface area (Å²) in [5.74, 6) is 0.581. The second-order valence-electron chi connectivity index (χ2n) is 6.51. The summed E-state index contributed by atoms with van der Waals surface area (Å²) >= 11 is 0. The van der Waals surface area contributed by atoms with Crippen molar-refractivity contribution in [2.45, 2.75) is 81.8 Å². The highest BCUT2D eigenvalue weighted by atomic mass is 32.2. The fraction of sp³-hybridized carbons (Fsp3) is 1.00. The van der Waals surface area contributed by atoms with Gasteiger partial charge in [-0.3, -0.25) is 0 Å². The van der Waals surface area contributed by atoms with Crippen molar-refractivity contribution >= 4 is 9.84 Å². The van der Waals surface area contributed by atoms with Crippen molar-refractivity contribution in [2.75, 3.05) is 6.54 Å². The molecule has 0 aromatic heterocycles. The largest absolute Gasteiger partial charge is 0.313 e. The Morgan fingerprint density at radius 3 is 2.53 bits per heavy atom. The molecule has 0 spiro atoms. The summed E-state index contributed by atoms with van der Waals surface area (Å²) in [7, 11) is -2.94. The molecule has 3 nitrogen and oxygen atoms in total. The average molecular weight is 287 g/mol. The van der Waals surface area contributed by atoms with E-state index in [1.165, 1.54) is 6.42 Å². The average Bonchev–Trinajstić information content (AvgIpc) is 2.85. The van der Waals surface area contributed by atoms with Gasteiger partial charge in [-0.2, -0.15) is 0 Å². The van der Waals surface area contributed by atoms with Crippen LogP contribution >= 0.6 is 0 Å². The zero-order chi connectivity index (χ0) is 13.9. The highest BCUT2D eigenvalue weighted by Gasteiger charge is 2.42. The van der Waals surface area contributed by atoms with E-state index in [1.54, 1.807) is 0 Å². The fourth-order valence-electron chi connectivity index (χ4n) is 3.81. The lowest BCUT2D eigenvalue weighted by atomic mass is 9.90. The maximum atomic E-state index is 12.9. The van der Waals surface area contributed by atoms with E-state index < -0.39 is 9.84 Å². The Labute approximate surface area is 118 Å². The van der Waals surface area contributed by atoms with Crippen LogP contribution in [0.2, 0.25) is 0 Å². The van der Waals surface area contributed by atoms with Crippen LogP contribution in [-0.2, 0) is 9.84 Å². The Balaban J connectivity index is 2.05. The van der Waals surface area contributed by atoms with Crippen LogP contribution in [0.3, 0.4) is 0 Å². The number of hydrogen-bond acceptors (Lipinski definition) is 3. The molecule has 4 heteroatoms. The first-order valence-electron chi connectivity index (χ1n) is 8.01. The van der Waals surface area contributed by atoms with Crippen molar-refractivity contribution in [3.05, 3.63) is 0 Å². The zero-order valence-corrected chi connectivity index (χ0v) is 13.2. The molecule has 4 atom stereocenters. The normalized spacial score (nSPS) is 36.5. The Morgan fingerprint density at radius 2 is 1.84 bits per heavy atom. The van der Waals surface area contributed by atoms with Crippen LogP contribution in [-0.4, -0.2) is 31.5 Å². The number of hydrogen-bond donors (Lipinski definition) is 1. The van der Waals surface area contributed by atoms with Crippen molar-refractivity contribution in [1.82, 2.24) is 5.32 Å². The highest BCUT2D eigenvalue weighted by molar-refractivity contribution is 7.92. The second-order valence-corrected chi connectivity index (χ2v) is 8.96. The third-order valence-electron chi connectivity index (χ3n) is 4.88. The van der Waals surface area contributed by atoms with Gasteiger partial charge in [-0.25, -0.2) is 8.42 Å². The molecule has 2 fully saturated rings. The minimum atomic E-state index is -2.94. The quantitative estimate of drug-likeness (QED) is 0.845. The van der Waals surface area contributed by atoms with E-state index in [0.717, 1.165) is 51.5 Å². The van der Waals surface area contributed by atoms with Gasteiger partial charge in [0.05, 0.1) is 10.5 Å². The summed E-state index contributed by atoms with van der Waals surface area (Å²) < 4.78 is 25.7. The van der Waals surface area contributed by atoms with Gasteiger partial charge in [-0.15, -0.1) is 0 Å². The van der Waals surface area contributed by atoms with Crippen molar-refractivity contribution < 1.29 is 8.42 Å². The molecule has 19 heavy (non-hydrogen) atoms. The Bertz CT molecular complexity index is 380. The summed E-state index contributed by atoms with van der Waals surface area (Å²) in [6.45, 7) is 5.27. The molecule has 0 radical (unpaired) electrons. The summed E-state index contributed by atoms with van der Waals surface area (Å²) in [4.78, 5) is 0. The van der Waals surface area contributed by atoms with E-state index in [4.69, 9.17) is 0 Å². The Kier molecular flexibility index (Phi) is 5.29. The second kappa shape index (κ2) is 6.57. The first-order valence-corrected chi connectivity index (χ1v) is 9.62. The molecule has 2 saturated carbocycles. The van der Waals surface area contributed by atoms with Gasteiger partial charge in [-0.1, -0.05) is 33.1 Å². The molecule has 2 aliphatic rings. The molecule has 0 bridgehead atoms. The molecule has 112 valence electrons. The van der Waals surface area contributed by atoms with Crippen molar-refractivity contribution in [3.63, 3.8) is 0 Å². The minimum absolute atomic E-state index is 0.0646. The topological polar surface area (TPSA) is 46.2 Å². The third-order valence-corrected chi connectivity index (χ3v) is 7.65. The summed E-state index contributed by atoms with van der Waals surface area (Å²) in [5, 5.41) is 3.28. The van der Waals surface area contributed by atoms with Gasteiger partial charge < -0.3 is 5.32 Å². The summed E-state index contributed by atoms with van der Waals surface area (Å²) in [6.07, 6.45) is 8.11. The van der Waals surface area contributed by atoms with E-state index in [0.29, 0.717) is 5.92 Å². The Hall–Kier alpha value is -0.0900. The van der Waals surface area contributed by atoms with Gasteiger partial charge in [-0.05, 0) is 44.6 Å². The molecular weight excluding hydrogens is 258 g/mol. The van der Waals surface area contributed by atoms with Gasteiger partial charge >= 0.3 is 0 Å². The molecular formula is C15H29NO2S. The zero-order valence-electron chi connectivity index (χ0n) is 12.4. The predicted octanol–water partition coefficient (Wildman–Crippen LogP) is 2.90. The first kappa shape index (κ1) is 15.3. The van der Waals surface area contributed by atoms with Crippen molar-refractivity contribution in [3.8, 4) is 0 Å². The van der Waals surface area contributed by atoms with Gasteiger partial charge in [0.15, 0.2) is 9.84 Å². The molecule has 4 unspecified atom stereocenters. The first-order chi connectivity index (χ1) is 9.05. The molecule has 0 aromatic carbocycles. The molecule has 2 aliphatic carbocycles. The van der Waals surface area contributed by atoms with Crippen molar-refractivity contribution in [2.24, 2.45) is 5.92 Å². The van der Waals surface area contributed by atoms with Crippen LogP contribution in [0.4, 0.5) is 0 Å². The lowest BCUT2D eigenvalue weighted by Gasteiger charge is -2.31.